The summed E-state index contributed by atoms with van der Waals surface area (Å²) in [5.41, 5.74) is 13.5. The molecule has 3 aromatic rings. The van der Waals surface area contributed by atoms with Gasteiger partial charge < -0.3 is 11.1 Å². The van der Waals surface area contributed by atoms with E-state index < -0.39 is 7.92 Å². The third-order valence-corrected chi connectivity index (χ3v) is 5.92. The van der Waals surface area contributed by atoms with Crippen LogP contribution in [0.5, 0.6) is 0 Å². The lowest BCUT2D eigenvalue weighted by Crippen LogP contribution is -2.20. The molecular weight excluding hydrogens is 289 g/mol. The molecule has 0 fully saturated rings. The van der Waals surface area contributed by atoms with Gasteiger partial charge in [-0.15, -0.1) is 0 Å². The first kappa shape index (κ1) is 15.8. The second-order valence-corrected chi connectivity index (χ2v) is 7.04. The second kappa shape index (κ2) is 8.63. The average molecular weight is 305 g/mol. The number of hydrogen-bond acceptors (Lipinski definition) is 0. The van der Waals surface area contributed by atoms with E-state index in [0.29, 0.717) is 0 Å². The number of benzene rings is 3. The van der Waals surface area contributed by atoms with Crippen LogP contribution in [0.15, 0.2) is 91.0 Å². The first-order valence-electron chi connectivity index (χ1n) is 6.88. The second-order valence-electron chi connectivity index (χ2n) is 4.56. The summed E-state index contributed by atoms with van der Waals surface area (Å²) < 4.78 is 0. The van der Waals surface area contributed by atoms with Crippen molar-refractivity contribution in [1.29, 1.82) is 0 Å². The van der Waals surface area contributed by atoms with Gasteiger partial charge in [-0.05, 0) is 36.4 Å². The molecule has 0 saturated carbocycles. The van der Waals surface area contributed by atoms with Crippen molar-refractivity contribution in [1.82, 2.24) is 0 Å². The smallest absolute Gasteiger partial charge is 0.102 e. The molecule has 0 bridgehead atoms. The Bertz CT molecular complexity index is 615. The number of rotatable bonds is 3. The van der Waals surface area contributed by atoms with Gasteiger partial charge in [0.05, 0.1) is 7.92 Å². The Morgan fingerprint density at radius 2 is 0.727 bits per heavy atom. The normalized spacial score (nSPS) is 9.50. The van der Waals surface area contributed by atoms with Crippen molar-refractivity contribution in [3.8, 4) is 0 Å². The highest BCUT2D eigenvalue weighted by Gasteiger charge is 2.24. The molecule has 0 atom stereocenters. The molecule has 0 amide bonds. The minimum absolute atomic E-state index is 0.877. The summed E-state index contributed by atoms with van der Waals surface area (Å²) in [5, 5.41) is 4.31. The Kier molecular flexibility index (Phi) is 6.19. The van der Waals surface area contributed by atoms with Crippen LogP contribution in [0.4, 0.5) is 0 Å². The van der Waals surface area contributed by atoms with Crippen molar-refractivity contribution in [3.63, 3.8) is 0 Å². The van der Waals surface area contributed by atoms with Crippen LogP contribution in [0.1, 0.15) is 0 Å². The molecule has 108 valence electrons. The third kappa shape index (κ3) is 4.20. The van der Waals surface area contributed by atoms with Crippen molar-refractivity contribution in [3.05, 3.63) is 107 Å². The topological polar surface area (TPSA) is 58.7 Å². The lowest BCUT2D eigenvalue weighted by Gasteiger charge is -2.10. The molecule has 0 aliphatic rings. The van der Waals surface area contributed by atoms with Crippen LogP contribution in [0.3, 0.4) is 0 Å². The van der Waals surface area contributed by atoms with E-state index in [1.54, 1.807) is 0 Å². The highest BCUT2D eigenvalue weighted by atomic mass is 31.1. The molecule has 0 N–H and O–H groups in total. The Morgan fingerprint density at radius 3 is 0.955 bits per heavy atom. The molecule has 0 spiro atoms. The molecule has 0 unspecified atom stereocenters. The van der Waals surface area contributed by atoms with Gasteiger partial charge in [0, 0.05) is 0 Å². The molecule has 0 heterocycles. The van der Waals surface area contributed by atoms with Crippen LogP contribution in [0.25, 0.3) is 16.0 Å². The summed E-state index contributed by atoms with van der Waals surface area (Å²) in [7, 11) is -0.877. The lowest BCUT2D eigenvalue weighted by molar-refractivity contribution is 1.74. The van der Waals surface area contributed by atoms with E-state index in [-0.39, 0.29) is 0 Å². The summed E-state index contributed by atoms with van der Waals surface area (Å²) in [4.78, 5) is 1.50. The van der Waals surface area contributed by atoms with Gasteiger partial charge in [-0.1, -0.05) is 54.6 Å². The first-order chi connectivity index (χ1) is 10.9. The van der Waals surface area contributed by atoms with Crippen molar-refractivity contribution < 1.29 is 0 Å². The van der Waals surface area contributed by atoms with E-state index in [1.807, 2.05) is 0 Å². The van der Waals surface area contributed by atoms with E-state index in [9.17, 15) is 0 Å². The predicted octanol–water partition coefficient (Wildman–Crippen LogP) is 4.04. The molecule has 3 nitrogen and oxygen atoms in total. The van der Waals surface area contributed by atoms with Crippen molar-refractivity contribution in [2.24, 2.45) is 0 Å². The van der Waals surface area contributed by atoms with Gasteiger partial charge in [0.1, 0.15) is 15.9 Å². The number of nitrogens with zero attached hydrogens (tertiary/aromatic N) is 3. The van der Waals surface area contributed by atoms with Gasteiger partial charge in [0.25, 0.3) is 0 Å². The summed E-state index contributed by atoms with van der Waals surface area (Å²) in [6.45, 7) is 0. The largest absolute Gasteiger partial charge is 0.373 e. The molecule has 22 heavy (non-hydrogen) atoms. The van der Waals surface area contributed by atoms with Gasteiger partial charge in [0.2, 0.25) is 0 Å². The first-order valence-corrected chi connectivity index (χ1v) is 8.38. The summed E-state index contributed by atoms with van der Waals surface area (Å²) in [6, 6.07) is 32.5. The van der Waals surface area contributed by atoms with Gasteiger partial charge >= 0.3 is 0 Å². The van der Waals surface area contributed by atoms with Gasteiger partial charge in [-0.25, -0.2) is 0 Å². The van der Waals surface area contributed by atoms with E-state index in [2.05, 4.69) is 91.0 Å². The van der Waals surface area contributed by atoms with Gasteiger partial charge in [-0.3, -0.25) is 4.91 Å². The zero-order valence-corrected chi connectivity index (χ0v) is 13.0. The molecule has 0 aromatic heterocycles. The molecule has 0 aliphatic heterocycles. The van der Waals surface area contributed by atoms with Crippen LogP contribution >= 0.6 is 7.92 Å². The predicted molar refractivity (Wildman–Crippen MR) is 96.6 cm³/mol. The van der Waals surface area contributed by atoms with E-state index >= 15 is 0 Å². The molecule has 0 aliphatic carbocycles. The SMILES string of the molecule is [N-]=[N+]=[N-].c1ccc([PH+](c2ccccc2)c2ccccc2)cc1. The number of hydrogen-bond donors (Lipinski definition) is 0. The maximum absolute atomic E-state index is 6.75. The summed E-state index contributed by atoms with van der Waals surface area (Å²) in [6.07, 6.45) is 0. The van der Waals surface area contributed by atoms with Crippen molar-refractivity contribution >= 4 is 23.8 Å². The van der Waals surface area contributed by atoms with Crippen LogP contribution in [-0.2, 0) is 0 Å². The summed E-state index contributed by atoms with van der Waals surface area (Å²) >= 11 is 0. The fraction of sp³-hybridized carbons (Fsp3) is 0. The minimum atomic E-state index is -0.877. The standard InChI is InChI=1S/C18H15P.N3/c1-4-10-16(11-5-1)19(17-12-6-2-7-13-17)18-14-8-3-9-15-18;1-3-2/h1-15H;/q;-1/p+1. The molecule has 4 heteroatoms. The summed E-state index contributed by atoms with van der Waals surface area (Å²) in [5.74, 6) is 0. The van der Waals surface area contributed by atoms with Gasteiger partial charge in [-0.2, -0.15) is 0 Å². The maximum Gasteiger partial charge on any atom is 0.102 e. The Morgan fingerprint density at radius 1 is 0.500 bits per heavy atom. The zero-order chi connectivity index (χ0) is 15.6. The lowest BCUT2D eigenvalue weighted by atomic mass is 10.4. The van der Waals surface area contributed by atoms with E-state index in [0.717, 1.165) is 0 Å². The van der Waals surface area contributed by atoms with E-state index in [1.165, 1.54) is 20.8 Å². The van der Waals surface area contributed by atoms with Crippen LogP contribution in [-0.4, -0.2) is 0 Å². The fourth-order valence-corrected chi connectivity index (χ4v) is 4.89. The van der Waals surface area contributed by atoms with Crippen LogP contribution in [0, 0.1) is 0 Å². The monoisotopic (exact) mass is 305 g/mol. The van der Waals surface area contributed by atoms with Crippen LogP contribution in [0.2, 0.25) is 0 Å². The minimum Gasteiger partial charge on any atom is -0.373 e. The molecule has 0 radical (unpaired) electrons. The highest BCUT2D eigenvalue weighted by Crippen LogP contribution is 2.32. The molecular formula is C18H16N3P. The highest BCUT2D eigenvalue weighted by molar-refractivity contribution is 7.79. The average Bonchev–Trinajstić information content (AvgIpc) is 2.59. The molecule has 3 aromatic carbocycles. The maximum atomic E-state index is 6.75. The Balaban J connectivity index is 0.000000545. The molecule has 3 rings (SSSR count). The molecule has 0 saturated heterocycles. The van der Waals surface area contributed by atoms with Crippen LogP contribution < -0.4 is 15.9 Å². The van der Waals surface area contributed by atoms with Gasteiger partial charge in [0.15, 0.2) is 0 Å². The Labute approximate surface area is 131 Å². The van der Waals surface area contributed by atoms with E-state index in [4.69, 9.17) is 11.1 Å². The Hall–Kier alpha value is -2.60. The van der Waals surface area contributed by atoms with Crippen molar-refractivity contribution in [2.45, 2.75) is 0 Å². The fourth-order valence-electron chi connectivity index (χ4n) is 2.31. The quantitative estimate of drug-likeness (QED) is 0.303. The van der Waals surface area contributed by atoms with Crippen molar-refractivity contribution in [2.75, 3.05) is 0 Å². The third-order valence-electron chi connectivity index (χ3n) is 3.19. The zero-order valence-electron chi connectivity index (χ0n) is 12.0.